The maximum absolute atomic E-state index is 6.10. The van der Waals surface area contributed by atoms with Gasteiger partial charge in [-0.3, -0.25) is 0 Å². The first-order valence-electron chi connectivity index (χ1n) is 6.63. The summed E-state index contributed by atoms with van der Waals surface area (Å²) in [5.74, 6) is 2.42. The lowest BCUT2D eigenvalue weighted by atomic mass is 10.1. The van der Waals surface area contributed by atoms with Gasteiger partial charge in [0.25, 0.3) is 0 Å². The highest BCUT2D eigenvalue weighted by atomic mass is 79.9. The van der Waals surface area contributed by atoms with Crippen LogP contribution in [0.1, 0.15) is 11.7 Å². The van der Waals surface area contributed by atoms with Gasteiger partial charge in [-0.1, -0.05) is 15.9 Å². The summed E-state index contributed by atoms with van der Waals surface area (Å²) in [6.07, 6.45) is -0.122. The van der Waals surface area contributed by atoms with Crippen molar-refractivity contribution in [3.8, 4) is 17.2 Å². The van der Waals surface area contributed by atoms with Crippen LogP contribution >= 0.6 is 15.9 Å². The van der Waals surface area contributed by atoms with E-state index in [9.17, 15) is 0 Å². The van der Waals surface area contributed by atoms with Gasteiger partial charge in [0.05, 0.1) is 26.5 Å². The van der Waals surface area contributed by atoms with Crippen LogP contribution in [0, 0.1) is 0 Å². The van der Waals surface area contributed by atoms with E-state index >= 15 is 0 Å². The van der Waals surface area contributed by atoms with Crippen LogP contribution in [0.2, 0.25) is 0 Å². The van der Waals surface area contributed by atoms with Crippen LogP contribution in [-0.4, -0.2) is 20.8 Å². The smallest absolute Gasteiger partial charge is 0.145 e. The van der Waals surface area contributed by atoms with Gasteiger partial charge in [0.1, 0.15) is 23.4 Å². The fourth-order valence-corrected chi connectivity index (χ4v) is 2.77. The normalized spacial score (nSPS) is 16.4. The number of hydrogen-bond acceptors (Lipinski definition) is 4. The van der Waals surface area contributed by atoms with Crippen LogP contribution in [0.3, 0.4) is 0 Å². The minimum atomic E-state index is -0.122. The molecule has 0 aromatic heterocycles. The van der Waals surface area contributed by atoms with Gasteiger partial charge in [0, 0.05) is 10.0 Å². The average Bonchev–Trinajstić information content (AvgIpc) is 2.53. The van der Waals surface area contributed by atoms with Crippen molar-refractivity contribution in [2.45, 2.75) is 6.10 Å². The Morgan fingerprint density at radius 3 is 2.76 bits per heavy atom. The van der Waals surface area contributed by atoms with Crippen molar-refractivity contribution in [2.24, 2.45) is 0 Å². The number of hydrogen-bond donors (Lipinski definition) is 1. The third kappa shape index (κ3) is 2.78. The Kier molecular flexibility index (Phi) is 3.92. The van der Waals surface area contributed by atoms with Crippen LogP contribution < -0.4 is 19.5 Å². The molecule has 2 aromatic carbocycles. The predicted octanol–water partition coefficient (Wildman–Crippen LogP) is 4.01. The molecule has 0 fully saturated rings. The SMILES string of the molecule is COc1ccc(OC)c(C2CNc3cc(Br)ccc3O2)c1. The molecule has 1 aliphatic rings. The molecule has 0 saturated heterocycles. The maximum Gasteiger partial charge on any atom is 0.145 e. The summed E-state index contributed by atoms with van der Waals surface area (Å²) in [5.41, 5.74) is 1.96. The lowest BCUT2D eigenvalue weighted by Crippen LogP contribution is -2.24. The molecule has 0 spiro atoms. The van der Waals surface area contributed by atoms with Crippen LogP contribution in [0.25, 0.3) is 0 Å². The molecule has 1 heterocycles. The summed E-state index contributed by atoms with van der Waals surface area (Å²) in [7, 11) is 3.31. The van der Waals surface area contributed by atoms with E-state index in [1.165, 1.54) is 0 Å². The Morgan fingerprint density at radius 1 is 1.14 bits per heavy atom. The van der Waals surface area contributed by atoms with Crippen molar-refractivity contribution in [2.75, 3.05) is 26.1 Å². The monoisotopic (exact) mass is 349 g/mol. The molecule has 0 bridgehead atoms. The van der Waals surface area contributed by atoms with E-state index in [1.807, 2.05) is 36.4 Å². The number of nitrogens with one attached hydrogen (secondary N) is 1. The van der Waals surface area contributed by atoms with Crippen molar-refractivity contribution < 1.29 is 14.2 Å². The van der Waals surface area contributed by atoms with E-state index in [4.69, 9.17) is 14.2 Å². The number of halogens is 1. The average molecular weight is 350 g/mol. The van der Waals surface area contributed by atoms with Gasteiger partial charge in [0.2, 0.25) is 0 Å². The first kappa shape index (κ1) is 14.1. The van der Waals surface area contributed by atoms with Crippen LogP contribution in [-0.2, 0) is 0 Å². The Balaban J connectivity index is 1.93. The molecule has 21 heavy (non-hydrogen) atoms. The number of anilines is 1. The second-order valence-corrected chi connectivity index (χ2v) is 5.65. The summed E-state index contributed by atoms with van der Waals surface area (Å²) in [5, 5.41) is 3.39. The fourth-order valence-electron chi connectivity index (χ4n) is 2.41. The second kappa shape index (κ2) is 5.85. The second-order valence-electron chi connectivity index (χ2n) is 4.74. The largest absolute Gasteiger partial charge is 0.497 e. The van der Waals surface area contributed by atoms with Gasteiger partial charge >= 0.3 is 0 Å². The van der Waals surface area contributed by atoms with E-state index in [0.29, 0.717) is 6.54 Å². The molecule has 0 saturated carbocycles. The van der Waals surface area contributed by atoms with Gasteiger partial charge in [-0.2, -0.15) is 0 Å². The van der Waals surface area contributed by atoms with E-state index < -0.39 is 0 Å². The van der Waals surface area contributed by atoms with Crippen molar-refractivity contribution in [1.29, 1.82) is 0 Å². The van der Waals surface area contributed by atoms with Crippen molar-refractivity contribution in [3.05, 3.63) is 46.4 Å². The highest BCUT2D eigenvalue weighted by Crippen LogP contribution is 2.39. The maximum atomic E-state index is 6.10. The molecule has 3 rings (SSSR count). The molecule has 1 aliphatic heterocycles. The number of ether oxygens (including phenoxy) is 3. The molecule has 4 nitrogen and oxygen atoms in total. The van der Waals surface area contributed by atoms with Gasteiger partial charge in [0.15, 0.2) is 0 Å². The Hall–Kier alpha value is -1.88. The molecule has 110 valence electrons. The quantitative estimate of drug-likeness (QED) is 0.908. The lowest BCUT2D eigenvalue weighted by molar-refractivity contribution is 0.204. The molecule has 0 radical (unpaired) electrons. The Labute approximate surface area is 132 Å². The molecular formula is C16H16BrNO3. The summed E-state index contributed by atoms with van der Waals surface area (Å²) in [6, 6.07) is 11.7. The Morgan fingerprint density at radius 2 is 2.00 bits per heavy atom. The highest BCUT2D eigenvalue weighted by Gasteiger charge is 2.24. The van der Waals surface area contributed by atoms with Crippen LogP contribution in [0.4, 0.5) is 5.69 Å². The summed E-state index contributed by atoms with van der Waals surface area (Å²) >= 11 is 3.46. The summed E-state index contributed by atoms with van der Waals surface area (Å²) in [6.45, 7) is 0.674. The standard InChI is InChI=1S/C16H16BrNO3/c1-19-11-4-6-14(20-2)12(8-11)16-9-18-13-7-10(17)3-5-15(13)21-16/h3-8,16,18H,9H2,1-2H3. The molecule has 0 amide bonds. The van der Waals surface area contributed by atoms with Crippen LogP contribution in [0.15, 0.2) is 40.9 Å². The fraction of sp³-hybridized carbons (Fsp3) is 0.250. The van der Waals surface area contributed by atoms with E-state index in [0.717, 1.165) is 33.0 Å². The zero-order valence-corrected chi connectivity index (χ0v) is 13.4. The predicted molar refractivity (Wildman–Crippen MR) is 85.5 cm³/mol. The third-order valence-electron chi connectivity index (χ3n) is 3.47. The summed E-state index contributed by atoms with van der Waals surface area (Å²) in [4.78, 5) is 0. The number of fused-ring (bicyclic) bond motifs is 1. The number of benzene rings is 2. The zero-order chi connectivity index (χ0) is 14.8. The van der Waals surface area contributed by atoms with Crippen molar-refractivity contribution >= 4 is 21.6 Å². The molecule has 5 heteroatoms. The topological polar surface area (TPSA) is 39.7 Å². The lowest BCUT2D eigenvalue weighted by Gasteiger charge is -2.28. The van der Waals surface area contributed by atoms with Gasteiger partial charge < -0.3 is 19.5 Å². The zero-order valence-electron chi connectivity index (χ0n) is 11.9. The molecule has 0 aliphatic carbocycles. The van der Waals surface area contributed by atoms with Crippen LogP contribution in [0.5, 0.6) is 17.2 Å². The first-order valence-corrected chi connectivity index (χ1v) is 7.42. The number of methoxy groups -OCH3 is 2. The highest BCUT2D eigenvalue weighted by molar-refractivity contribution is 9.10. The molecule has 1 atom stereocenters. The minimum absolute atomic E-state index is 0.122. The van der Waals surface area contributed by atoms with E-state index in [-0.39, 0.29) is 6.10 Å². The minimum Gasteiger partial charge on any atom is -0.497 e. The Bertz CT molecular complexity index is 660. The molecule has 2 aromatic rings. The van der Waals surface area contributed by atoms with Gasteiger partial charge in [-0.25, -0.2) is 0 Å². The first-order chi connectivity index (χ1) is 10.2. The van der Waals surface area contributed by atoms with E-state index in [2.05, 4.69) is 21.2 Å². The van der Waals surface area contributed by atoms with Gasteiger partial charge in [-0.15, -0.1) is 0 Å². The van der Waals surface area contributed by atoms with Gasteiger partial charge in [-0.05, 0) is 36.4 Å². The summed E-state index contributed by atoms with van der Waals surface area (Å²) < 4.78 is 17.8. The van der Waals surface area contributed by atoms with Crippen molar-refractivity contribution in [1.82, 2.24) is 0 Å². The third-order valence-corrected chi connectivity index (χ3v) is 3.97. The molecule has 1 N–H and O–H groups in total. The molecular weight excluding hydrogens is 334 g/mol. The number of rotatable bonds is 3. The molecule has 1 unspecified atom stereocenters. The van der Waals surface area contributed by atoms with Crippen molar-refractivity contribution in [3.63, 3.8) is 0 Å². The van der Waals surface area contributed by atoms with E-state index in [1.54, 1.807) is 14.2 Å².